The number of anilines is 2. The molecule has 1 aliphatic carbocycles. The van der Waals surface area contributed by atoms with Crippen LogP contribution in [0.4, 0.5) is 11.4 Å². The zero-order chi connectivity index (χ0) is 28.6. The quantitative estimate of drug-likeness (QED) is 0.256. The molecule has 0 unspecified atom stereocenters. The molecular formula is C32H36N4O5. The monoisotopic (exact) mass is 556 g/mol. The van der Waals surface area contributed by atoms with Gasteiger partial charge in [-0.3, -0.25) is 14.4 Å². The Balaban J connectivity index is 1.14. The molecule has 1 heterocycles. The summed E-state index contributed by atoms with van der Waals surface area (Å²) in [6.07, 6.45) is 6.18. The average Bonchev–Trinajstić information content (AvgIpc) is 3.84. The van der Waals surface area contributed by atoms with E-state index in [1.54, 1.807) is 30.3 Å². The van der Waals surface area contributed by atoms with Crippen molar-refractivity contribution < 1.29 is 23.9 Å². The molecular weight excluding hydrogens is 520 g/mol. The summed E-state index contributed by atoms with van der Waals surface area (Å²) in [5.74, 6) is 0.767. The Morgan fingerprint density at radius 1 is 0.951 bits per heavy atom. The third-order valence-corrected chi connectivity index (χ3v) is 7.16. The van der Waals surface area contributed by atoms with Gasteiger partial charge in [-0.15, -0.1) is 0 Å². The maximum Gasteiger partial charge on any atom is 0.262 e. The van der Waals surface area contributed by atoms with Gasteiger partial charge in [-0.2, -0.15) is 0 Å². The summed E-state index contributed by atoms with van der Waals surface area (Å²) in [5, 5.41) is 5.67. The number of carbonyl (C=O) groups excluding carboxylic acids is 3. The Bertz CT molecular complexity index is 1370. The number of rotatable bonds is 13. The van der Waals surface area contributed by atoms with Gasteiger partial charge >= 0.3 is 0 Å². The SMILES string of the molecule is NCCCCCCOc1ccc(NC(=O)c2ccc(CN(C(=O)c3ccc4c(c3)OCC(=O)N4)C3CC3)cc2)cc1. The third-order valence-electron chi connectivity index (χ3n) is 7.16. The highest BCUT2D eigenvalue weighted by molar-refractivity contribution is 6.04. The second kappa shape index (κ2) is 13.3. The minimum Gasteiger partial charge on any atom is -0.494 e. The lowest BCUT2D eigenvalue weighted by Crippen LogP contribution is -2.33. The van der Waals surface area contributed by atoms with Crippen LogP contribution in [0.5, 0.6) is 11.5 Å². The van der Waals surface area contributed by atoms with E-state index in [1.165, 1.54) is 0 Å². The zero-order valence-electron chi connectivity index (χ0n) is 23.1. The van der Waals surface area contributed by atoms with Crippen molar-refractivity contribution in [3.05, 3.63) is 83.4 Å². The second-order valence-corrected chi connectivity index (χ2v) is 10.4. The Labute approximate surface area is 240 Å². The Hall–Kier alpha value is -4.37. The molecule has 214 valence electrons. The van der Waals surface area contributed by atoms with Gasteiger partial charge in [0.1, 0.15) is 11.5 Å². The van der Waals surface area contributed by atoms with Gasteiger partial charge in [0.2, 0.25) is 0 Å². The number of fused-ring (bicyclic) bond motifs is 1. The van der Waals surface area contributed by atoms with Gasteiger partial charge in [0.25, 0.3) is 17.7 Å². The van der Waals surface area contributed by atoms with Crippen molar-refractivity contribution in [3.63, 3.8) is 0 Å². The fourth-order valence-corrected chi connectivity index (χ4v) is 4.71. The van der Waals surface area contributed by atoms with E-state index in [1.807, 2.05) is 41.3 Å². The number of benzene rings is 3. The maximum atomic E-state index is 13.4. The number of hydrogen-bond acceptors (Lipinski definition) is 6. The Kier molecular flexibility index (Phi) is 9.15. The summed E-state index contributed by atoms with van der Waals surface area (Å²) in [7, 11) is 0. The van der Waals surface area contributed by atoms with E-state index in [0.717, 1.165) is 56.4 Å². The summed E-state index contributed by atoms with van der Waals surface area (Å²) in [6, 6.07) is 20.0. The van der Waals surface area contributed by atoms with Crippen molar-refractivity contribution in [2.24, 2.45) is 5.73 Å². The molecule has 41 heavy (non-hydrogen) atoms. The molecule has 0 spiro atoms. The smallest absolute Gasteiger partial charge is 0.262 e. The lowest BCUT2D eigenvalue weighted by atomic mass is 10.1. The molecule has 2 aliphatic rings. The van der Waals surface area contributed by atoms with Crippen molar-refractivity contribution in [2.45, 2.75) is 51.1 Å². The number of nitrogens with two attached hydrogens (primary N) is 1. The van der Waals surface area contributed by atoms with Gasteiger partial charge in [0.05, 0.1) is 12.3 Å². The molecule has 3 aromatic carbocycles. The van der Waals surface area contributed by atoms with Gasteiger partial charge in [0.15, 0.2) is 6.61 Å². The highest BCUT2D eigenvalue weighted by atomic mass is 16.5. The van der Waals surface area contributed by atoms with E-state index in [4.69, 9.17) is 15.2 Å². The number of carbonyl (C=O) groups is 3. The van der Waals surface area contributed by atoms with Crippen LogP contribution in [0, 0.1) is 0 Å². The molecule has 5 rings (SSSR count). The first-order valence-electron chi connectivity index (χ1n) is 14.2. The number of nitrogens with one attached hydrogen (secondary N) is 2. The maximum absolute atomic E-state index is 13.4. The van der Waals surface area contributed by atoms with Crippen molar-refractivity contribution in [2.75, 3.05) is 30.4 Å². The van der Waals surface area contributed by atoms with Crippen LogP contribution in [0.15, 0.2) is 66.7 Å². The molecule has 0 aromatic heterocycles. The molecule has 0 saturated heterocycles. The van der Waals surface area contributed by atoms with Gasteiger partial charge in [-0.05, 0) is 92.4 Å². The predicted molar refractivity (Wildman–Crippen MR) is 157 cm³/mol. The molecule has 0 bridgehead atoms. The third kappa shape index (κ3) is 7.64. The van der Waals surface area contributed by atoms with Gasteiger partial charge < -0.3 is 30.7 Å². The highest BCUT2D eigenvalue weighted by Gasteiger charge is 2.33. The molecule has 9 heteroatoms. The lowest BCUT2D eigenvalue weighted by Gasteiger charge is -2.24. The second-order valence-electron chi connectivity index (χ2n) is 10.4. The molecule has 1 fully saturated rings. The number of unbranched alkanes of at least 4 members (excludes halogenated alkanes) is 3. The van der Waals surface area contributed by atoms with E-state index in [9.17, 15) is 14.4 Å². The highest BCUT2D eigenvalue weighted by Crippen LogP contribution is 2.33. The number of amides is 3. The van der Waals surface area contributed by atoms with Crippen molar-refractivity contribution in [1.29, 1.82) is 0 Å². The molecule has 3 aromatic rings. The Morgan fingerprint density at radius 3 is 2.41 bits per heavy atom. The topological polar surface area (TPSA) is 123 Å². The number of ether oxygens (including phenoxy) is 2. The first-order chi connectivity index (χ1) is 20.0. The van der Waals surface area contributed by atoms with E-state index >= 15 is 0 Å². The summed E-state index contributed by atoms with van der Waals surface area (Å²) in [6.45, 7) is 1.77. The minimum atomic E-state index is -0.211. The largest absolute Gasteiger partial charge is 0.494 e. The van der Waals surface area contributed by atoms with Crippen molar-refractivity contribution in [1.82, 2.24) is 4.90 Å². The van der Waals surface area contributed by atoms with E-state index in [-0.39, 0.29) is 30.4 Å². The first-order valence-corrected chi connectivity index (χ1v) is 14.2. The fraction of sp³-hybridized carbons (Fsp3) is 0.344. The van der Waals surface area contributed by atoms with E-state index in [0.29, 0.717) is 41.4 Å². The van der Waals surface area contributed by atoms with E-state index in [2.05, 4.69) is 10.6 Å². The predicted octanol–water partition coefficient (Wildman–Crippen LogP) is 4.97. The standard InChI is InChI=1S/C32H36N4O5/c33-17-3-1-2-4-18-40-27-14-10-25(11-15-27)34-31(38)23-7-5-22(6-8-23)20-36(26-12-13-26)32(39)24-9-16-28-29(19-24)41-21-30(37)35-28/h5-11,14-16,19,26H,1-4,12-13,17-18,20-21,33H2,(H,34,38)(H,35,37). The molecule has 1 aliphatic heterocycles. The normalized spacial score (nSPS) is 13.9. The summed E-state index contributed by atoms with van der Waals surface area (Å²) in [4.78, 5) is 39.6. The number of nitrogens with zero attached hydrogens (tertiary/aromatic N) is 1. The van der Waals surface area contributed by atoms with E-state index < -0.39 is 0 Å². The van der Waals surface area contributed by atoms with Crippen molar-refractivity contribution in [3.8, 4) is 11.5 Å². The first kappa shape index (κ1) is 28.2. The zero-order valence-corrected chi connectivity index (χ0v) is 23.1. The van der Waals surface area contributed by atoms with Gasteiger partial charge in [-0.25, -0.2) is 0 Å². The van der Waals surface area contributed by atoms with Crippen LogP contribution >= 0.6 is 0 Å². The van der Waals surface area contributed by atoms with Crippen LogP contribution in [0.3, 0.4) is 0 Å². The molecule has 0 atom stereocenters. The average molecular weight is 557 g/mol. The molecule has 1 saturated carbocycles. The Morgan fingerprint density at radius 2 is 1.68 bits per heavy atom. The van der Waals surface area contributed by atoms with Crippen LogP contribution in [0.2, 0.25) is 0 Å². The summed E-state index contributed by atoms with van der Waals surface area (Å²) < 4.78 is 11.3. The number of hydrogen-bond donors (Lipinski definition) is 3. The van der Waals surface area contributed by atoms with Crippen LogP contribution in [-0.4, -0.2) is 48.4 Å². The van der Waals surface area contributed by atoms with Crippen molar-refractivity contribution >= 4 is 29.1 Å². The van der Waals surface area contributed by atoms with Crippen LogP contribution in [0.25, 0.3) is 0 Å². The minimum absolute atomic E-state index is 0.0626. The van der Waals surface area contributed by atoms with Crippen LogP contribution < -0.4 is 25.8 Å². The van der Waals surface area contributed by atoms with Crippen LogP contribution in [-0.2, 0) is 11.3 Å². The van der Waals surface area contributed by atoms with Gasteiger partial charge in [-0.1, -0.05) is 25.0 Å². The van der Waals surface area contributed by atoms with Gasteiger partial charge in [0, 0.05) is 29.4 Å². The summed E-state index contributed by atoms with van der Waals surface area (Å²) in [5.41, 5.74) is 8.76. The fourth-order valence-electron chi connectivity index (χ4n) is 4.71. The molecule has 0 radical (unpaired) electrons. The summed E-state index contributed by atoms with van der Waals surface area (Å²) >= 11 is 0. The van der Waals surface area contributed by atoms with Crippen LogP contribution in [0.1, 0.15) is 64.8 Å². The lowest BCUT2D eigenvalue weighted by molar-refractivity contribution is -0.118. The molecule has 3 amide bonds. The molecule has 9 nitrogen and oxygen atoms in total. The molecule has 4 N–H and O–H groups in total.